The van der Waals surface area contributed by atoms with Crippen LogP contribution < -0.4 is 0 Å². The van der Waals surface area contributed by atoms with Crippen LogP contribution in [-0.2, 0) is 0 Å². The van der Waals surface area contributed by atoms with Crippen LogP contribution in [0.1, 0.15) is 16.7 Å². The Morgan fingerprint density at radius 3 is 1.55 bits per heavy atom. The first-order chi connectivity index (χ1) is 21.7. The number of rotatable bonds is 3. The van der Waals surface area contributed by atoms with E-state index < -0.39 is 0 Å². The molecule has 0 spiro atoms. The van der Waals surface area contributed by atoms with Crippen molar-refractivity contribution in [1.82, 2.24) is 14.1 Å². The Morgan fingerprint density at radius 1 is 0.477 bits per heavy atom. The maximum absolute atomic E-state index is 10.7. The van der Waals surface area contributed by atoms with Gasteiger partial charge in [-0.2, -0.15) is 15.8 Å². The first-order valence-electron chi connectivity index (χ1n) is 14.1. The predicted octanol–water partition coefficient (Wildman–Crippen LogP) is 8.56. The number of hydrogen-bond acceptors (Lipinski definition) is 4. The number of aromatic nitrogens is 3. The van der Waals surface area contributed by atoms with Gasteiger partial charge in [0.15, 0.2) is 0 Å². The second kappa shape index (κ2) is 9.71. The first-order valence-corrected chi connectivity index (χ1v) is 14.1. The van der Waals surface area contributed by atoms with Crippen molar-refractivity contribution in [3.05, 3.63) is 138 Å². The number of pyridine rings is 1. The molecule has 0 radical (unpaired) electrons. The number of nitriles is 3. The van der Waals surface area contributed by atoms with Crippen LogP contribution in [-0.4, -0.2) is 14.1 Å². The minimum Gasteiger partial charge on any atom is -0.309 e. The lowest BCUT2D eigenvalue weighted by atomic mass is 10.00. The molecule has 6 heteroatoms. The lowest BCUT2D eigenvalue weighted by molar-refractivity contribution is 1.13. The van der Waals surface area contributed by atoms with Crippen LogP contribution in [0.2, 0.25) is 0 Å². The van der Waals surface area contributed by atoms with Crippen LogP contribution in [0, 0.1) is 34.0 Å². The van der Waals surface area contributed by atoms with Gasteiger partial charge < -0.3 is 9.13 Å². The Hall–Kier alpha value is -6.68. The van der Waals surface area contributed by atoms with E-state index in [0.29, 0.717) is 22.4 Å². The van der Waals surface area contributed by atoms with Gasteiger partial charge in [0, 0.05) is 39.5 Å². The number of fused-ring (bicyclic) bond motifs is 6. The molecule has 6 nitrogen and oxygen atoms in total. The van der Waals surface area contributed by atoms with Crippen molar-refractivity contribution in [2.75, 3.05) is 0 Å². The van der Waals surface area contributed by atoms with E-state index in [0.717, 1.165) is 60.4 Å². The SMILES string of the molecule is N#Cc1ccc2c3ccccc3n(-c3cc(-c4ccncc4)c(-n4c5ccccc5c5ccc(C#N)cc54)cc3C#N)c2c1. The summed E-state index contributed by atoms with van der Waals surface area (Å²) in [7, 11) is 0. The molecule has 0 N–H and O–H groups in total. The van der Waals surface area contributed by atoms with E-state index in [2.05, 4.69) is 56.6 Å². The Morgan fingerprint density at radius 2 is 1.00 bits per heavy atom. The van der Waals surface area contributed by atoms with Crippen LogP contribution >= 0.6 is 0 Å². The molecular weight excluding hydrogens is 540 g/mol. The van der Waals surface area contributed by atoms with Crippen molar-refractivity contribution in [1.29, 1.82) is 15.8 Å². The van der Waals surface area contributed by atoms with Gasteiger partial charge in [0.1, 0.15) is 6.07 Å². The Balaban J connectivity index is 1.54. The quantitative estimate of drug-likeness (QED) is 0.216. The largest absolute Gasteiger partial charge is 0.309 e. The molecule has 0 bridgehead atoms. The van der Waals surface area contributed by atoms with E-state index in [9.17, 15) is 15.8 Å². The van der Waals surface area contributed by atoms with Gasteiger partial charge in [0.05, 0.1) is 62.3 Å². The normalized spacial score (nSPS) is 11.1. The third-order valence-corrected chi connectivity index (χ3v) is 8.31. The highest BCUT2D eigenvalue weighted by Crippen LogP contribution is 2.40. The Kier molecular flexibility index (Phi) is 5.53. The number of nitrogens with zero attached hydrogens (tertiary/aromatic N) is 6. The summed E-state index contributed by atoms with van der Waals surface area (Å²) in [6, 6.07) is 42.6. The molecule has 0 saturated heterocycles. The molecule has 3 aromatic heterocycles. The van der Waals surface area contributed by atoms with E-state index in [4.69, 9.17) is 0 Å². The molecule has 44 heavy (non-hydrogen) atoms. The smallest absolute Gasteiger partial charge is 0.101 e. The molecule has 5 aromatic carbocycles. The molecule has 8 aromatic rings. The van der Waals surface area contributed by atoms with Crippen molar-refractivity contribution in [2.45, 2.75) is 0 Å². The number of benzene rings is 5. The van der Waals surface area contributed by atoms with Crippen LogP contribution in [0.5, 0.6) is 0 Å². The fourth-order valence-electron chi connectivity index (χ4n) is 6.40. The third kappa shape index (κ3) is 3.61. The molecule has 3 heterocycles. The van der Waals surface area contributed by atoms with Gasteiger partial charge in [-0.15, -0.1) is 0 Å². The summed E-state index contributed by atoms with van der Waals surface area (Å²) in [5.74, 6) is 0. The van der Waals surface area contributed by atoms with Gasteiger partial charge >= 0.3 is 0 Å². The molecule has 0 unspecified atom stereocenters. The van der Waals surface area contributed by atoms with E-state index in [1.807, 2.05) is 84.9 Å². The van der Waals surface area contributed by atoms with Crippen molar-refractivity contribution >= 4 is 43.6 Å². The molecule has 202 valence electrons. The monoisotopic (exact) mass is 560 g/mol. The first kappa shape index (κ1) is 25.1. The number of hydrogen-bond donors (Lipinski definition) is 0. The zero-order valence-electron chi connectivity index (χ0n) is 23.2. The van der Waals surface area contributed by atoms with Crippen LogP contribution in [0.25, 0.3) is 66.1 Å². The van der Waals surface area contributed by atoms with Gasteiger partial charge in [0.2, 0.25) is 0 Å². The Bertz CT molecular complexity index is 2580. The summed E-state index contributed by atoms with van der Waals surface area (Å²) in [5, 5.41) is 34.3. The summed E-state index contributed by atoms with van der Waals surface area (Å²) >= 11 is 0. The average molecular weight is 561 g/mol. The molecule has 0 aliphatic rings. The van der Waals surface area contributed by atoms with Gasteiger partial charge in [0.25, 0.3) is 0 Å². The molecule has 0 aliphatic carbocycles. The summed E-state index contributed by atoms with van der Waals surface area (Å²) in [6.45, 7) is 0. The topological polar surface area (TPSA) is 94.1 Å². The molecular formula is C38H20N6. The maximum atomic E-state index is 10.7. The second-order valence-electron chi connectivity index (χ2n) is 10.6. The highest BCUT2D eigenvalue weighted by molar-refractivity contribution is 6.11. The van der Waals surface area contributed by atoms with E-state index in [1.54, 1.807) is 12.4 Å². The van der Waals surface area contributed by atoms with E-state index in [1.165, 1.54) is 0 Å². The van der Waals surface area contributed by atoms with Gasteiger partial charge in [-0.25, -0.2) is 0 Å². The van der Waals surface area contributed by atoms with Crippen LogP contribution in [0.3, 0.4) is 0 Å². The third-order valence-electron chi connectivity index (χ3n) is 8.31. The van der Waals surface area contributed by atoms with Crippen molar-refractivity contribution in [3.8, 4) is 40.7 Å². The van der Waals surface area contributed by atoms with E-state index in [-0.39, 0.29) is 0 Å². The highest BCUT2D eigenvalue weighted by atomic mass is 15.0. The molecule has 0 atom stereocenters. The number of para-hydroxylation sites is 2. The minimum atomic E-state index is 0.477. The van der Waals surface area contributed by atoms with Crippen LogP contribution in [0.15, 0.2) is 122 Å². The average Bonchev–Trinajstić information content (AvgIpc) is 3.59. The Labute approximate surface area is 252 Å². The lowest BCUT2D eigenvalue weighted by Gasteiger charge is -2.18. The van der Waals surface area contributed by atoms with Crippen molar-refractivity contribution in [2.24, 2.45) is 0 Å². The predicted molar refractivity (Wildman–Crippen MR) is 172 cm³/mol. The summed E-state index contributed by atoms with van der Waals surface area (Å²) in [4.78, 5) is 4.26. The van der Waals surface area contributed by atoms with Crippen LogP contribution in [0.4, 0.5) is 0 Å². The zero-order valence-corrected chi connectivity index (χ0v) is 23.2. The van der Waals surface area contributed by atoms with E-state index >= 15 is 0 Å². The van der Waals surface area contributed by atoms with Gasteiger partial charge in [-0.05, 0) is 66.2 Å². The fourth-order valence-corrected chi connectivity index (χ4v) is 6.40. The second-order valence-corrected chi connectivity index (χ2v) is 10.6. The molecule has 0 saturated carbocycles. The minimum absolute atomic E-state index is 0.477. The van der Waals surface area contributed by atoms with Gasteiger partial charge in [-0.1, -0.05) is 48.5 Å². The fraction of sp³-hybridized carbons (Fsp3) is 0. The summed E-state index contributed by atoms with van der Waals surface area (Å²) < 4.78 is 4.23. The zero-order chi connectivity index (χ0) is 29.8. The standard InChI is InChI=1S/C38H20N6/c39-21-24-9-11-30-28-5-1-3-7-33(28)43(36(30)17-24)35-20-32(26-13-15-42-16-14-26)38(19-27(35)23-41)44-34-8-4-2-6-29(34)31-12-10-25(22-40)18-37(31)44/h1-20H. The molecule has 0 fully saturated rings. The highest BCUT2D eigenvalue weighted by Gasteiger charge is 2.22. The molecule has 8 rings (SSSR count). The van der Waals surface area contributed by atoms with Crippen molar-refractivity contribution < 1.29 is 0 Å². The summed E-state index contributed by atoms with van der Waals surface area (Å²) in [5.41, 5.74) is 8.59. The van der Waals surface area contributed by atoms with Gasteiger partial charge in [-0.3, -0.25) is 4.98 Å². The summed E-state index contributed by atoms with van der Waals surface area (Å²) in [6.07, 6.45) is 3.52. The molecule has 0 aliphatic heterocycles. The molecule has 0 amide bonds. The maximum Gasteiger partial charge on any atom is 0.101 e. The van der Waals surface area contributed by atoms with Crippen molar-refractivity contribution in [3.63, 3.8) is 0 Å². The lowest BCUT2D eigenvalue weighted by Crippen LogP contribution is -2.04.